The summed E-state index contributed by atoms with van der Waals surface area (Å²) < 4.78 is 4.02. The molecule has 0 saturated heterocycles. The van der Waals surface area contributed by atoms with Gasteiger partial charge < -0.3 is 5.21 Å². The maximum atomic E-state index is 8.56. The maximum absolute atomic E-state index is 8.56. The maximum Gasteiger partial charge on any atom is 0.303 e. The van der Waals surface area contributed by atoms with E-state index in [-0.39, 0.29) is 0 Å². The minimum absolute atomic E-state index is 0.316. The molecule has 1 aromatic rings. The SMILES string of the molecule is C[n+]1ccn(CCC(C)(C)C)c1/C=N\O. The van der Waals surface area contributed by atoms with Crippen molar-refractivity contribution in [3.8, 4) is 0 Å². The van der Waals surface area contributed by atoms with E-state index in [0.29, 0.717) is 5.41 Å². The Hall–Kier alpha value is -1.32. The van der Waals surface area contributed by atoms with E-state index in [1.165, 1.54) is 6.21 Å². The van der Waals surface area contributed by atoms with Gasteiger partial charge in [0.05, 0.1) is 13.6 Å². The molecule has 4 nitrogen and oxygen atoms in total. The average Bonchev–Trinajstić information content (AvgIpc) is 2.45. The summed E-state index contributed by atoms with van der Waals surface area (Å²) in [4.78, 5) is 0. The Morgan fingerprint density at radius 2 is 2.20 bits per heavy atom. The predicted octanol–water partition coefficient (Wildman–Crippen LogP) is 1.56. The van der Waals surface area contributed by atoms with Crippen molar-refractivity contribution < 1.29 is 9.77 Å². The first-order valence-electron chi connectivity index (χ1n) is 5.16. The van der Waals surface area contributed by atoms with Crippen LogP contribution in [0.3, 0.4) is 0 Å². The van der Waals surface area contributed by atoms with Crippen molar-refractivity contribution in [1.29, 1.82) is 0 Å². The van der Waals surface area contributed by atoms with Crippen LogP contribution in [-0.4, -0.2) is 16.0 Å². The first-order chi connectivity index (χ1) is 6.94. The van der Waals surface area contributed by atoms with Gasteiger partial charge >= 0.3 is 5.82 Å². The minimum Gasteiger partial charge on any atom is -0.411 e. The van der Waals surface area contributed by atoms with Gasteiger partial charge in [0.2, 0.25) is 0 Å². The molecule has 0 bridgehead atoms. The van der Waals surface area contributed by atoms with Crippen LogP contribution in [0.5, 0.6) is 0 Å². The highest BCUT2D eigenvalue weighted by atomic mass is 16.4. The molecule has 0 spiro atoms. The van der Waals surface area contributed by atoms with E-state index >= 15 is 0 Å². The first-order valence-corrected chi connectivity index (χ1v) is 5.16. The van der Waals surface area contributed by atoms with E-state index in [1.54, 1.807) is 0 Å². The number of aryl methyl sites for hydroxylation is 2. The molecule has 15 heavy (non-hydrogen) atoms. The molecule has 0 saturated carbocycles. The number of hydrogen-bond acceptors (Lipinski definition) is 2. The van der Waals surface area contributed by atoms with Gasteiger partial charge in [0.25, 0.3) is 0 Å². The molecular weight excluding hydrogens is 190 g/mol. The van der Waals surface area contributed by atoms with Crippen molar-refractivity contribution in [1.82, 2.24) is 4.57 Å². The van der Waals surface area contributed by atoms with Gasteiger partial charge in [0.15, 0.2) is 6.21 Å². The lowest BCUT2D eigenvalue weighted by molar-refractivity contribution is -0.671. The molecule has 84 valence electrons. The Bertz CT molecular complexity index is 347. The Balaban J connectivity index is 2.77. The fourth-order valence-corrected chi connectivity index (χ4v) is 1.40. The molecule has 0 radical (unpaired) electrons. The van der Waals surface area contributed by atoms with E-state index in [2.05, 4.69) is 30.5 Å². The van der Waals surface area contributed by atoms with Crippen LogP contribution in [-0.2, 0) is 13.6 Å². The van der Waals surface area contributed by atoms with Crippen LogP contribution in [0.2, 0.25) is 0 Å². The van der Waals surface area contributed by atoms with Crippen molar-refractivity contribution >= 4 is 6.21 Å². The van der Waals surface area contributed by atoms with Gasteiger partial charge in [-0.05, 0) is 11.8 Å². The number of imidazole rings is 1. The summed E-state index contributed by atoms with van der Waals surface area (Å²) in [6.45, 7) is 7.59. The molecule has 1 heterocycles. The number of nitrogens with zero attached hydrogens (tertiary/aromatic N) is 3. The van der Waals surface area contributed by atoms with Crippen LogP contribution >= 0.6 is 0 Å². The van der Waals surface area contributed by atoms with Crippen LogP contribution < -0.4 is 4.57 Å². The Kier molecular flexibility index (Phi) is 3.50. The third-order valence-electron chi connectivity index (χ3n) is 2.40. The summed E-state index contributed by atoms with van der Waals surface area (Å²) in [5.74, 6) is 0.904. The fraction of sp³-hybridized carbons (Fsp3) is 0.636. The average molecular weight is 210 g/mol. The van der Waals surface area contributed by atoms with Crippen LogP contribution in [0.1, 0.15) is 33.0 Å². The normalized spacial score (nSPS) is 12.5. The standard InChI is InChI=1S/C11H19N3O/c1-11(2,3)5-6-14-8-7-13(4)10(14)9-12-15/h7-9H,5-6H2,1-4H3/p+1. The number of aromatic nitrogens is 2. The van der Waals surface area contributed by atoms with Crippen LogP contribution in [0.25, 0.3) is 0 Å². The summed E-state index contributed by atoms with van der Waals surface area (Å²) in [7, 11) is 1.94. The number of oxime groups is 1. The highest BCUT2D eigenvalue weighted by Crippen LogP contribution is 2.19. The first kappa shape index (κ1) is 11.8. The molecule has 1 aromatic heterocycles. The molecule has 0 aromatic carbocycles. The third-order valence-corrected chi connectivity index (χ3v) is 2.40. The lowest BCUT2D eigenvalue weighted by Crippen LogP contribution is -2.32. The summed E-state index contributed by atoms with van der Waals surface area (Å²) in [6, 6.07) is 0. The van der Waals surface area contributed by atoms with E-state index in [4.69, 9.17) is 5.21 Å². The van der Waals surface area contributed by atoms with Crippen molar-refractivity contribution in [2.75, 3.05) is 0 Å². The molecule has 0 aliphatic rings. The second-order valence-corrected chi connectivity index (χ2v) is 5.02. The second-order valence-electron chi connectivity index (χ2n) is 5.02. The third kappa shape index (κ3) is 3.38. The van der Waals surface area contributed by atoms with Crippen LogP contribution in [0.15, 0.2) is 17.5 Å². The highest BCUT2D eigenvalue weighted by molar-refractivity contribution is 5.72. The van der Waals surface area contributed by atoms with E-state index < -0.39 is 0 Å². The Morgan fingerprint density at radius 3 is 2.73 bits per heavy atom. The smallest absolute Gasteiger partial charge is 0.303 e. The van der Waals surface area contributed by atoms with Gasteiger partial charge in [0, 0.05) is 0 Å². The zero-order chi connectivity index (χ0) is 11.5. The zero-order valence-corrected chi connectivity index (χ0v) is 9.94. The number of rotatable bonds is 3. The Morgan fingerprint density at radius 1 is 1.53 bits per heavy atom. The molecule has 0 atom stereocenters. The lowest BCUT2D eigenvalue weighted by atomic mass is 9.92. The molecule has 0 aliphatic heterocycles. The zero-order valence-electron chi connectivity index (χ0n) is 9.94. The topological polar surface area (TPSA) is 41.4 Å². The van der Waals surface area contributed by atoms with E-state index in [0.717, 1.165) is 18.8 Å². The van der Waals surface area contributed by atoms with Crippen LogP contribution in [0, 0.1) is 5.41 Å². The minimum atomic E-state index is 0.316. The van der Waals surface area contributed by atoms with Crippen molar-refractivity contribution in [3.05, 3.63) is 18.2 Å². The van der Waals surface area contributed by atoms with E-state index in [9.17, 15) is 0 Å². The van der Waals surface area contributed by atoms with Crippen LogP contribution in [0.4, 0.5) is 0 Å². The van der Waals surface area contributed by atoms with E-state index in [1.807, 2.05) is 24.0 Å². The molecule has 0 unspecified atom stereocenters. The highest BCUT2D eigenvalue weighted by Gasteiger charge is 2.16. The molecule has 0 fully saturated rings. The quantitative estimate of drug-likeness (QED) is 0.350. The van der Waals surface area contributed by atoms with Crippen molar-refractivity contribution in [3.63, 3.8) is 0 Å². The number of hydrogen-bond donors (Lipinski definition) is 1. The fourth-order valence-electron chi connectivity index (χ4n) is 1.40. The van der Waals surface area contributed by atoms with Crippen molar-refractivity contribution in [2.24, 2.45) is 17.6 Å². The molecule has 0 amide bonds. The molecule has 0 aliphatic carbocycles. The van der Waals surface area contributed by atoms with Gasteiger partial charge in [-0.3, -0.25) is 0 Å². The second kappa shape index (κ2) is 4.47. The molecule has 1 N–H and O–H groups in total. The monoisotopic (exact) mass is 210 g/mol. The predicted molar refractivity (Wildman–Crippen MR) is 59.1 cm³/mol. The largest absolute Gasteiger partial charge is 0.411 e. The molecule has 1 rings (SSSR count). The van der Waals surface area contributed by atoms with Gasteiger partial charge in [-0.2, -0.15) is 0 Å². The van der Waals surface area contributed by atoms with Crippen molar-refractivity contribution in [2.45, 2.75) is 33.7 Å². The lowest BCUT2D eigenvalue weighted by Gasteiger charge is -2.16. The van der Waals surface area contributed by atoms with Gasteiger partial charge in [-0.25, -0.2) is 9.13 Å². The molecular formula is C11H20N3O+. The Labute approximate surface area is 90.8 Å². The summed E-state index contributed by atoms with van der Waals surface area (Å²) in [5.41, 5.74) is 0.316. The van der Waals surface area contributed by atoms with Gasteiger partial charge in [-0.1, -0.05) is 25.9 Å². The van der Waals surface area contributed by atoms with Gasteiger partial charge in [0.1, 0.15) is 12.4 Å². The summed E-state index contributed by atoms with van der Waals surface area (Å²) in [6.07, 6.45) is 6.51. The van der Waals surface area contributed by atoms with Gasteiger partial charge in [-0.15, -0.1) is 0 Å². The molecule has 4 heteroatoms. The summed E-state index contributed by atoms with van der Waals surface area (Å²) >= 11 is 0. The summed E-state index contributed by atoms with van der Waals surface area (Å²) in [5, 5.41) is 11.6.